The van der Waals surface area contributed by atoms with Gasteiger partial charge in [-0.25, -0.2) is 4.79 Å². The van der Waals surface area contributed by atoms with E-state index in [1.54, 1.807) is 11.0 Å². The number of carbonyl (C=O) groups is 2. The second kappa shape index (κ2) is 6.54. The van der Waals surface area contributed by atoms with E-state index in [4.69, 9.17) is 4.74 Å². The number of fused-ring (bicyclic) bond motifs is 1. The van der Waals surface area contributed by atoms with E-state index in [0.717, 1.165) is 29.5 Å². The molecule has 3 rings (SSSR count). The number of carbonyl (C=O) groups excluding carboxylic acids is 2. The van der Waals surface area contributed by atoms with E-state index in [1.165, 1.54) is 0 Å². The molecule has 1 aromatic rings. The molecule has 1 aromatic carbocycles. The molecule has 0 saturated carbocycles. The van der Waals surface area contributed by atoms with Gasteiger partial charge in [0.05, 0.1) is 6.04 Å². The summed E-state index contributed by atoms with van der Waals surface area (Å²) in [6.45, 7) is 11.2. The molecule has 0 radical (unpaired) electrons. The van der Waals surface area contributed by atoms with Crippen LogP contribution < -0.4 is 0 Å². The van der Waals surface area contributed by atoms with Gasteiger partial charge in [-0.15, -0.1) is 0 Å². The lowest BCUT2D eigenvalue weighted by Crippen LogP contribution is -2.50. The van der Waals surface area contributed by atoms with Crippen LogP contribution in [-0.2, 0) is 11.3 Å². The molecule has 25 heavy (non-hydrogen) atoms. The zero-order chi connectivity index (χ0) is 18.2. The predicted molar refractivity (Wildman–Crippen MR) is 97.2 cm³/mol. The molecule has 2 amide bonds. The second-order valence-corrected chi connectivity index (χ2v) is 7.73. The van der Waals surface area contributed by atoms with Crippen molar-refractivity contribution < 1.29 is 14.3 Å². The third-order valence-electron chi connectivity index (χ3n) is 4.74. The minimum absolute atomic E-state index is 0.0267. The fourth-order valence-electron chi connectivity index (χ4n) is 3.57. The SMILES string of the molecule is C=Cc1cccc2c1CN(C1CCCN(C(=O)OC(C)(C)C)C1)C2=O. The molecule has 5 nitrogen and oxygen atoms in total. The highest BCUT2D eigenvalue weighted by atomic mass is 16.6. The number of hydrogen-bond acceptors (Lipinski definition) is 3. The maximum absolute atomic E-state index is 12.8. The Hall–Kier alpha value is -2.30. The number of amides is 2. The molecule has 134 valence electrons. The monoisotopic (exact) mass is 342 g/mol. The summed E-state index contributed by atoms with van der Waals surface area (Å²) >= 11 is 0. The van der Waals surface area contributed by atoms with Crippen LogP contribution in [-0.4, -0.2) is 46.5 Å². The Bertz CT molecular complexity index is 705. The average Bonchev–Trinajstić information content (AvgIpc) is 2.90. The Morgan fingerprint density at radius 1 is 1.36 bits per heavy atom. The van der Waals surface area contributed by atoms with Crippen molar-refractivity contribution in [3.8, 4) is 0 Å². The Morgan fingerprint density at radius 2 is 2.12 bits per heavy atom. The van der Waals surface area contributed by atoms with E-state index in [9.17, 15) is 9.59 Å². The van der Waals surface area contributed by atoms with Gasteiger partial charge in [-0.1, -0.05) is 24.8 Å². The molecule has 2 aliphatic heterocycles. The highest BCUT2D eigenvalue weighted by Gasteiger charge is 2.37. The van der Waals surface area contributed by atoms with Gasteiger partial charge in [0, 0.05) is 25.2 Å². The van der Waals surface area contributed by atoms with Gasteiger partial charge >= 0.3 is 6.09 Å². The van der Waals surface area contributed by atoms with Crippen molar-refractivity contribution in [1.82, 2.24) is 9.80 Å². The summed E-state index contributed by atoms with van der Waals surface area (Å²) < 4.78 is 5.48. The molecule has 0 aliphatic carbocycles. The van der Waals surface area contributed by atoms with Crippen LogP contribution >= 0.6 is 0 Å². The number of hydrogen-bond donors (Lipinski definition) is 0. The maximum Gasteiger partial charge on any atom is 0.410 e. The van der Waals surface area contributed by atoms with Gasteiger partial charge in [-0.3, -0.25) is 4.79 Å². The van der Waals surface area contributed by atoms with Crippen molar-refractivity contribution in [2.45, 2.75) is 51.8 Å². The predicted octanol–water partition coefficient (Wildman–Crippen LogP) is 3.68. The van der Waals surface area contributed by atoms with Crippen LogP contribution in [0.15, 0.2) is 24.8 Å². The summed E-state index contributed by atoms with van der Waals surface area (Å²) in [5.41, 5.74) is 2.29. The average molecular weight is 342 g/mol. The van der Waals surface area contributed by atoms with Crippen LogP contribution in [0.2, 0.25) is 0 Å². The highest BCUT2D eigenvalue weighted by Crippen LogP contribution is 2.31. The summed E-state index contributed by atoms with van der Waals surface area (Å²) in [6.07, 6.45) is 3.28. The Kier molecular flexibility index (Phi) is 4.58. The lowest BCUT2D eigenvalue weighted by atomic mass is 10.0. The van der Waals surface area contributed by atoms with Crippen LogP contribution in [0.4, 0.5) is 4.79 Å². The molecular formula is C20H26N2O3. The van der Waals surface area contributed by atoms with Crippen LogP contribution in [0, 0.1) is 0 Å². The summed E-state index contributed by atoms with van der Waals surface area (Å²) in [4.78, 5) is 28.8. The van der Waals surface area contributed by atoms with Crippen LogP contribution in [0.1, 0.15) is 55.1 Å². The molecule has 5 heteroatoms. The number of ether oxygens (including phenoxy) is 1. The zero-order valence-corrected chi connectivity index (χ0v) is 15.2. The Morgan fingerprint density at radius 3 is 2.80 bits per heavy atom. The summed E-state index contributed by atoms with van der Waals surface area (Å²) in [7, 11) is 0. The molecule has 2 aliphatic rings. The van der Waals surface area contributed by atoms with Crippen LogP contribution in [0.25, 0.3) is 6.08 Å². The van der Waals surface area contributed by atoms with Gasteiger partial charge in [0.15, 0.2) is 0 Å². The van der Waals surface area contributed by atoms with Gasteiger partial charge in [0.1, 0.15) is 5.60 Å². The largest absolute Gasteiger partial charge is 0.444 e. The number of rotatable bonds is 2. The molecule has 0 aromatic heterocycles. The lowest BCUT2D eigenvalue weighted by Gasteiger charge is -2.38. The van der Waals surface area contributed by atoms with Gasteiger partial charge in [0.2, 0.25) is 0 Å². The topological polar surface area (TPSA) is 49.9 Å². The first-order chi connectivity index (χ1) is 11.8. The molecule has 0 N–H and O–H groups in total. The first-order valence-electron chi connectivity index (χ1n) is 8.83. The molecule has 1 saturated heterocycles. The number of piperidine rings is 1. The van der Waals surface area contributed by atoms with Gasteiger partial charge in [0.25, 0.3) is 5.91 Å². The van der Waals surface area contributed by atoms with Crippen molar-refractivity contribution in [2.24, 2.45) is 0 Å². The van der Waals surface area contributed by atoms with Crippen molar-refractivity contribution >= 4 is 18.1 Å². The van der Waals surface area contributed by atoms with Crippen molar-refractivity contribution in [1.29, 1.82) is 0 Å². The molecule has 1 fully saturated rings. The van der Waals surface area contributed by atoms with E-state index in [0.29, 0.717) is 19.6 Å². The standard InChI is InChI=1S/C20H26N2O3/c1-5-14-8-6-10-16-17(14)13-22(18(16)23)15-9-7-11-21(12-15)19(24)25-20(2,3)4/h5-6,8,10,15H,1,7,9,11-13H2,2-4H3. The smallest absolute Gasteiger partial charge is 0.410 e. The normalized spacial score (nSPS) is 20.4. The third-order valence-corrected chi connectivity index (χ3v) is 4.74. The lowest BCUT2D eigenvalue weighted by molar-refractivity contribution is 0.0106. The van der Waals surface area contributed by atoms with E-state index in [2.05, 4.69) is 6.58 Å². The molecular weight excluding hydrogens is 316 g/mol. The summed E-state index contributed by atoms with van der Waals surface area (Å²) in [5, 5.41) is 0. The first kappa shape index (κ1) is 17.5. The quantitative estimate of drug-likeness (QED) is 0.824. The minimum Gasteiger partial charge on any atom is -0.444 e. The molecule has 1 unspecified atom stereocenters. The Labute approximate surface area is 149 Å². The van der Waals surface area contributed by atoms with Gasteiger partial charge in [-0.05, 0) is 50.8 Å². The number of benzene rings is 1. The first-order valence-corrected chi connectivity index (χ1v) is 8.83. The minimum atomic E-state index is -0.511. The number of likely N-dealkylation sites (tertiary alicyclic amines) is 1. The van der Waals surface area contributed by atoms with Crippen LogP contribution in [0.5, 0.6) is 0 Å². The third kappa shape index (κ3) is 3.55. The molecule has 1 atom stereocenters. The van der Waals surface area contributed by atoms with E-state index >= 15 is 0 Å². The summed E-state index contributed by atoms with van der Waals surface area (Å²) in [5.74, 6) is 0.0507. The fourth-order valence-corrected chi connectivity index (χ4v) is 3.57. The zero-order valence-electron chi connectivity index (χ0n) is 15.2. The Balaban J connectivity index is 1.74. The van der Waals surface area contributed by atoms with Crippen molar-refractivity contribution in [2.75, 3.05) is 13.1 Å². The maximum atomic E-state index is 12.8. The molecule has 0 bridgehead atoms. The van der Waals surface area contributed by atoms with Crippen molar-refractivity contribution in [3.05, 3.63) is 41.5 Å². The molecule has 2 heterocycles. The van der Waals surface area contributed by atoms with Crippen LogP contribution in [0.3, 0.4) is 0 Å². The van der Waals surface area contributed by atoms with Gasteiger partial charge in [-0.2, -0.15) is 0 Å². The fraction of sp³-hybridized carbons (Fsp3) is 0.500. The van der Waals surface area contributed by atoms with E-state index < -0.39 is 5.60 Å². The van der Waals surface area contributed by atoms with Crippen molar-refractivity contribution in [3.63, 3.8) is 0 Å². The molecule has 0 spiro atoms. The second-order valence-electron chi connectivity index (χ2n) is 7.73. The summed E-state index contributed by atoms with van der Waals surface area (Å²) in [6, 6.07) is 5.78. The highest BCUT2D eigenvalue weighted by molar-refractivity contribution is 5.99. The van der Waals surface area contributed by atoms with E-state index in [1.807, 2.05) is 43.9 Å². The number of nitrogens with zero attached hydrogens (tertiary/aromatic N) is 2. The van der Waals surface area contributed by atoms with Gasteiger partial charge < -0.3 is 14.5 Å². The van der Waals surface area contributed by atoms with E-state index in [-0.39, 0.29) is 18.0 Å².